The maximum absolute atomic E-state index is 5.57. The molecule has 2 aromatic rings. The van der Waals surface area contributed by atoms with Crippen LogP contribution in [-0.2, 0) is 17.8 Å². The summed E-state index contributed by atoms with van der Waals surface area (Å²) in [6.07, 6.45) is 1.01. The van der Waals surface area contributed by atoms with Crippen LogP contribution in [0.5, 0.6) is 5.75 Å². The Morgan fingerprint density at radius 1 is 1.24 bits per heavy atom. The van der Waals surface area contributed by atoms with Crippen LogP contribution in [0.15, 0.2) is 42.5 Å². The van der Waals surface area contributed by atoms with Gasteiger partial charge in [-0.3, -0.25) is 0 Å². The molecule has 3 rings (SSSR count). The van der Waals surface area contributed by atoms with Crippen LogP contribution in [0.3, 0.4) is 0 Å². The Kier molecular flexibility index (Phi) is 4.11. The third-order valence-electron chi connectivity index (χ3n) is 3.90. The van der Waals surface area contributed by atoms with Gasteiger partial charge in [-0.2, -0.15) is 0 Å². The predicted octanol–water partition coefficient (Wildman–Crippen LogP) is 3.94. The van der Waals surface area contributed by atoms with Crippen LogP contribution >= 0.6 is 0 Å². The largest absolute Gasteiger partial charge is 0.493 e. The fourth-order valence-corrected chi connectivity index (χ4v) is 2.73. The standard InChI is InChI=1S/C18H21NO2/c1-13(14-7-8-18-15(11-14)9-10-21-18)19-17-6-4-3-5-16(17)12-20-2/h3-8,11,13,19H,9-10,12H2,1-2H3. The highest BCUT2D eigenvalue weighted by molar-refractivity contribution is 5.53. The van der Waals surface area contributed by atoms with Gasteiger partial charge in [0.25, 0.3) is 0 Å². The highest BCUT2D eigenvalue weighted by Crippen LogP contribution is 2.30. The summed E-state index contributed by atoms with van der Waals surface area (Å²) in [4.78, 5) is 0. The summed E-state index contributed by atoms with van der Waals surface area (Å²) in [7, 11) is 1.72. The highest BCUT2D eigenvalue weighted by atomic mass is 16.5. The van der Waals surface area contributed by atoms with Crippen molar-refractivity contribution in [2.24, 2.45) is 0 Å². The molecule has 0 saturated heterocycles. The smallest absolute Gasteiger partial charge is 0.122 e. The lowest BCUT2D eigenvalue weighted by Gasteiger charge is -2.19. The van der Waals surface area contributed by atoms with Crippen molar-refractivity contribution in [1.82, 2.24) is 0 Å². The second-order valence-electron chi connectivity index (χ2n) is 5.42. The van der Waals surface area contributed by atoms with Crippen LogP contribution in [0.4, 0.5) is 5.69 Å². The second kappa shape index (κ2) is 6.19. The third kappa shape index (κ3) is 3.03. The van der Waals surface area contributed by atoms with Gasteiger partial charge in [0.15, 0.2) is 0 Å². The molecule has 1 unspecified atom stereocenters. The lowest BCUT2D eigenvalue weighted by molar-refractivity contribution is 0.185. The first-order chi connectivity index (χ1) is 10.3. The van der Waals surface area contributed by atoms with Gasteiger partial charge in [-0.1, -0.05) is 24.3 Å². The van der Waals surface area contributed by atoms with Gasteiger partial charge in [0.2, 0.25) is 0 Å². The molecule has 2 aromatic carbocycles. The van der Waals surface area contributed by atoms with E-state index in [2.05, 4.69) is 42.6 Å². The minimum atomic E-state index is 0.244. The summed E-state index contributed by atoms with van der Waals surface area (Å²) in [5.74, 6) is 1.03. The molecular weight excluding hydrogens is 262 g/mol. The number of anilines is 1. The number of methoxy groups -OCH3 is 1. The molecule has 0 aliphatic carbocycles. The molecule has 0 radical (unpaired) electrons. The van der Waals surface area contributed by atoms with E-state index < -0.39 is 0 Å². The Labute approximate surface area is 125 Å². The summed E-state index contributed by atoms with van der Waals surface area (Å²) >= 11 is 0. The number of rotatable bonds is 5. The van der Waals surface area contributed by atoms with Gasteiger partial charge in [-0.15, -0.1) is 0 Å². The van der Waals surface area contributed by atoms with Crippen molar-refractivity contribution in [3.63, 3.8) is 0 Å². The molecule has 0 amide bonds. The van der Waals surface area contributed by atoms with Gasteiger partial charge in [0.05, 0.1) is 13.2 Å². The maximum atomic E-state index is 5.57. The third-order valence-corrected chi connectivity index (χ3v) is 3.90. The van der Waals surface area contributed by atoms with Crippen LogP contribution < -0.4 is 10.1 Å². The van der Waals surface area contributed by atoms with Gasteiger partial charge in [-0.05, 0) is 36.2 Å². The molecule has 3 nitrogen and oxygen atoms in total. The van der Waals surface area contributed by atoms with E-state index in [-0.39, 0.29) is 6.04 Å². The molecule has 1 N–H and O–H groups in total. The topological polar surface area (TPSA) is 30.5 Å². The SMILES string of the molecule is COCc1ccccc1NC(C)c1ccc2c(c1)CCO2. The first-order valence-electron chi connectivity index (χ1n) is 7.37. The van der Waals surface area contributed by atoms with Gasteiger partial charge in [0, 0.05) is 30.8 Å². The molecule has 3 heteroatoms. The first kappa shape index (κ1) is 14.0. The number of ether oxygens (including phenoxy) is 2. The number of nitrogens with one attached hydrogen (secondary N) is 1. The van der Waals surface area contributed by atoms with Crippen molar-refractivity contribution in [3.05, 3.63) is 59.2 Å². The molecule has 0 spiro atoms. The van der Waals surface area contributed by atoms with Gasteiger partial charge < -0.3 is 14.8 Å². The zero-order valence-electron chi connectivity index (χ0n) is 12.6. The van der Waals surface area contributed by atoms with E-state index in [9.17, 15) is 0 Å². The molecule has 0 aromatic heterocycles. The van der Waals surface area contributed by atoms with E-state index in [1.165, 1.54) is 16.7 Å². The Balaban J connectivity index is 1.78. The van der Waals surface area contributed by atoms with Gasteiger partial charge >= 0.3 is 0 Å². The first-order valence-corrected chi connectivity index (χ1v) is 7.37. The highest BCUT2D eigenvalue weighted by Gasteiger charge is 2.15. The molecule has 1 aliphatic rings. The van der Waals surface area contributed by atoms with Crippen molar-refractivity contribution in [3.8, 4) is 5.75 Å². The molecule has 0 saturated carbocycles. The van der Waals surface area contributed by atoms with Crippen LogP contribution in [0, 0.1) is 0 Å². The number of benzene rings is 2. The zero-order chi connectivity index (χ0) is 14.7. The molecule has 1 heterocycles. The normalized spacial score (nSPS) is 14.4. The van der Waals surface area contributed by atoms with Crippen LogP contribution in [0.2, 0.25) is 0 Å². The van der Waals surface area contributed by atoms with Crippen LogP contribution in [-0.4, -0.2) is 13.7 Å². The summed E-state index contributed by atoms with van der Waals surface area (Å²) < 4.78 is 10.8. The maximum Gasteiger partial charge on any atom is 0.122 e. The molecule has 1 aliphatic heterocycles. The molecule has 0 fully saturated rings. The van der Waals surface area contributed by atoms with Crippen molar-refractivity contribution in [2.75, 3.05) is 19.0 Å². The van der Waals surface area contributed by atoms with Crippen LogP contribution in [0.1, 0.15) is 29.7 Å². The average Bonchev–Trinajstić information content (AvgIpc) is 2.97. The van der Waals surface area contributed by atoms with Crippen LogP contribution in [0.25, 0.3) is 0 Å². The Morgan fingerprint density at radius 2 is 2.10 bits per heavy atom. The monoisotopic (exact) mass is 283 g/mol. The van der Waals surface area contributed by atoms with Gasteiger partial charge in [0.1, 0.15) is 5.75 Å². The average molecular weight is 283 g/mol. The fraction of sp³-hybridized carbons (Fsp3) is 0.333. The number of hydrogen-bond acceptors (Lipinski definition) is 3. The number of fused-ring (bicyclic) bond motifs is 1. The van der Waals surface area contributed by atoms with Crippen molar-refractivity contribution in [1.29, 1.82) is 0 Å². The molecular formula is C18H21NO2. The minimum absolute atomic E-state index is 0.244. The summed E-state index contributed by atoms with van der Waals surface area (Å²) in [5, 5.41) is 3.58. The second-order valence-corrected chi connectivity index (χ2v) is 5.42. The predicted molar refractivity (Wildman–Crippen MR) is 84.8 cm³/mol. The quantitative estimate of drug-likeness (QED) is 0.901. The van der Waals surface area contributed by atoms with Crippen molar-refractivity contribution >= 4 is 5.69 Å². The Morgan fingerprint density at radius 3 is 2.95 bits per heavy atom. The van der Waals surface area contributed by atoms with E-state index in [4.69, 9.17) is 9.47 Å². The number of para-hydroxylation sites is 1. The summed E-state index contributed by atoms with van der Waals surface area (Å²) in [5.41, 5.74) is 4.90. The lowest BCUT2D eigenvalue weighted by Crippen LogP contribution is -2.09. The zero-order valence-corrected chi connectivity index (χ0v) is 12.6. The van der Waals surface area contributed by atoms with Gasteiger partial charge in [-0.25, -0.2) is 0 Å². The van der Waals surface area contributed by atoms with Crippen molar-refractivity contribution in [2.45, 2.75) is 26.0 Å². The van der Waals surface area contributed by atoms with E-state index in [1.807, 2.05) is 12.1 Å². The fourth-order valence-electron chi connectivity index (χ4n) is 2.73. The van der Waals surface area contributed by atoms with E-state index >= 15 is 0 Å². The number of hydrogen-bond donors (Lipinski definition) is 1. The minimum Gasteiger partial charge on any atom is -0.493 e. The summed E-state index contributed by atoms with van der Waals surface area (Å²) in [6, 6.07) is 15.0. The molecule has 21 heavy (non-hydrogen) atoms. The van der Waals surface area contributed by atoms with E-state index in [0.29, 0.717) is 6.61 Å². The molecule has 1 atom stereocenters. The Hall–Kier alpha value is -2.00. The molecule has 0 bridgehead atoms. The molecule has 110 valence electrons. The van der Waals surface area contributed by atoms with Crippen molar-refractivity contribution < 1.29 is 9.47 Å². The van der Waals surface area contributed by atoms with E-state index in [1.54, 1.807) is 7.11 Å². The lowest BCUT2D eigenvalue weighted by atomic mass is 10.0. The van der Waals surface area contributed by atoms with E-state index in [0.717, 1.165) is 24.5 Å². The Bertz CT molecular complexity index is 624. The summed E-state index contributed by atoms with van der Waals surface area (Å²) in [6.45, 7) is 3.60.